The maximum absolute atomic E-state index is 16.1. The first-order valence-corrected chi connectivity index (χ1v) is 25.1. The van der Waals surface area contributed by atoms with Gasteiger partial charge in [0.2, 0.25) is 5.91 Å². The minimum Gasteiger partial charge on any atom is -0.453 e. The number of hydrazine groups is 1. The number of methoxy groups -OCH3 is 2. The lowest BCUT2D eigenvalue weighted by Gasteiger charge is -2.44. The summed E-state index contributed by atoms with van der Waals surface area (Å²) >= 11 is 0. The summed E-state index contributed by atoms with van der Waals surface area (Å²) in [7, 11) is 1.65. The molecule has 1 aromatic heterocycles. The summed E-state index contributed by atoms with van der Waals surface area (Å²) in [5, 5.41) is 18.7. The predicted molar refractivity (Wildman–Crippen MR) is 274 cm³/mol. The van der Waals surface area contributed by atoms with Crippen LogP contribution in [0.2, 0.25) is 0 Å². The number of aliphatic hydroxyl groups excluding tert-OH is 1. The molecule has 1 aliphatic carbocycles. The Morgan fingerprint density at radius 3 is 2.00 bits per heavy atom. The fraction of sp³-hybridized carbons (Fsp3) is 0.509. The minimum absolute atomic E-state index is 0.0987. The third-order valence-electron chi connectivity index (χ3n) is 14.0. The second-order valence-electron chi connectivity index (χ2n) is 20.5. The molecule has 2 saturated heterocycles. The van der Waals surface area contributed by atoms with Crippen LogP contribution in [-0.2, 0) is 36.8 Å². The molecule has 2 aliphatic heterocycles. The van der Waals surface area contributed by atoms with Crippen LogP contribution in [-0.4, -0.2) is 159 Å². The van der Waals surface area contributed by atoms with Crippen molar-refractivity contribution in [2.75, 3.05) is 65.1 Å². The van der Waals surface area contributed by atoms with Crippen molar-refractivity contribution in [2.45, 2.75) is 102 Å². The highest BCUT2D eigenvalue weighted by Crippen LogP contribution is 2.42. The first-order valence-electron chi connectivity index (χ1n) is 25.1. The fourth-order valence-corrected chi connectivity index (χ4v) is 8.50. The summed E-state index contributed by atoms with van der Waals surface area (Å²) in [6, 6.07) is 5.21. The number of allylic oxidation sites excluding steroid dienone is 1. The summed E-state index contributed by atoms with van der Waals surface area (Å²) in [5.74, 6) is 1.13. The van der Waals surface area contributed by atoms with E-state index in [1.165, 1.54) is 24.4 Å². The number of piperazine rings is 1. The molecule has 1 saturated carbocycles. The van der Waals surface area contributed by atoms with E-state index in [9.17, 15) is 50.6 Å². The van der Waals surface area contributed by atoms with Gasteiger partial charge >= 0.3 is 24.5 Å². The molecular formula is C53H64F8N10O8. The largest absolute Gasteiger partial charge is 0.453 e. The smallest absolute Gasteiger partial charge is 0.407 e. The van der Waals surface area contributed by atoms with Crippen LogP contribution in [0.5, 0.6) is 0 Å². The lowest BCUT2D eigenvalue weighted by molar-refractivity contribution is -0.221. The van der Waals surface area contributed by atoms with Gasteiger partial charge in [0, 0.05) is 79.6 Å². The molecule has 3 heterocycles. The summed E-state index contributed by atoms with van der Waals surface area (Å²) in [4.78, 5) is 66.3. The van der Waals surface area contributed by atoms with E-state index in [1.807, 2.05) is 22.8 Å². The number of halogens is 8. The number of fused-ring (bicyclic) bond motifs is 1. The van der Waals surface area contributed by atoms with E-state index in [-0.39, 0.29) is 23.3 Å². The number of nitrogens with zero attached hydrogens (tertiary/aromatic N) is 5. The highest BCUT2D eigenvalue weighted by Gasteiger charge is 2.57. The van der Waals surface area contributed by atoms with Crippen molar-refractivity contribution in [1.29, 1.82) is 0 Å². The molecule has 6 rings (SSSR count). The second-order valence-corrected chi connectivity index (χ2v) is 20.5. The first kappa shape index (κ1) is 61.1. The SMILES string of the molecule is COC(=O)N[C@H](C(=O)N[C@@H](Cc1ccc(C#Cc2ccc(N3CCN4CCOC[C@H]4C3)nc2)cc1)[C@@H](O)CN(Cc1c(F)cc(C(N)=CC=NC2CC2)cc1F)NC(=O)[C@@H](NC(=O)OC)C(C)(C)C(F)(F)F)C(C)(C)C(F)(F)F. The van der Waals surface area contributed by atoms with Crippen LogP contribution in [0.15, 0.2) is 65.8 Å². The molecule has 2 aromatic carbocycles. The van der Waals surface area contributed by atoms with Crippen LogP contribution in [0.3, 0.4) is 0 Å². The van der Waals surface area contributed by atoms with Crippen LogP contribution < -0.4 is 32.0 Å². The molecule has 4 amide bonds. The van der Waals surface area contributed by atoms with E-state index in [2.05, 4.69) is 51.8 Å². The number of alkyl halides is 6. The third-order valence-corrected chi connectivity index (χ3v) is 14.0. The molecule has 3 fully saturated rings. The number of ether oxygens (including phenoxy) is 3. The number of aromatic nitrogens is 1. The van der Waals surface area contributed by atoms with Gasteiger partial charge in [0.25, 0.3) is 5.91 Å². The highest BCUT2D eigenvalue weighted by molar-refractivity contribution is 5.87. The number of hydrogen-bond acceptors (Lipinski definition) is 14. The first-order chi connectivity index (χ1) is 37.1. The average molecular weight is 1120 g/mol. The standard InChI is InChI=1S/C53H64F8N10O8/c1-50(2,52(56,57)58)44(66-48(75)77-5)46(73)65-41(23-32-10-7-31(8-11-32)9-12-33-13-16-43(64-26-33)70-20-19-69-21-22-79-30-36(69)27-70)42(72)29-71(68-47(74)45(67-49(76)78-6)51(3,4)53(59,60)61)28-37-38(54)24-34(25-39(37)55)40(62)17-18-63-35-14-15-35/h7-8,10-11,13,16-18,24-26,35-36,41-42,44-45,72H,14-15,19-23,27-30,62H2,1-6H3,(H,65,73)(H,66,75)(H,67,76)(H,68,74)/t36-,41+,42+,44-,45-/m1/s1. The summed E-state index contributed by atoms with van der Waals surface area (Å²) in [6.07, 6.45) is -9.73. The van der Waals surface area contributed by atoms with Crippen LogP contribution in [0.4, 0.5) is 50.5 Å². The van der Waals surface area contributed by atoms with E-state index in [0.717, 1.165) is 71.2 Å². The van der Waals surface area contributed by atoms with Crippen LogP contribution in [0, 0.1) is 34.3 Å². The number of nitrogens with one attached hydrogen (secondary N) is 4. The van der Waals surface area contributed by atoms with Crippen molar-refractivity contribution in [3.63, 3.8) is 0 Å². The number of hydrogen-bond donors (Lipinski definition) is 6. The summed E-state index contributed by atoms with van der Waals surface area (Å²) in [6.45, 7) is 4.96. The Hall–Kier alpha value is -7.08. The number of aliphatic imine (C=N–C) groups is 1. The van der Waals surface area contributed by atoms with Gasteiger partial charge in [-0.1, -0.05) is 24.0 Å². The van der Waals surface area contributed by atoms with E-state index >= 15 is 8.78 Å². The number of anilines is 1. The lowest BCUT2D eigenvalue weighted by Crippen LogP contribution is -2.63. The average Bonchev–Trinajstić information content (AvgIpc) is 4.24. The van der Waals surface area contributed by atoms with E-state index in [0.29, 0.717) is 62.6 Å². The van der Waals surface area contributed by atoms with E-state index < -0.39 is 108 Å². The molecule has 3 aliphatic rings. The normalized spacial score (nSPS) is 18.1. The number of nitrogens with two attached hydrogens (primary N) is 1. The third kappa shape index (κ3) is 16.0. The Balaban J connectivity index is 1.32. The molecule has 0 radical (unpaired) electrons. The quantitative estimate of drug-likeness (QED) is 0.0386. The van der Waals surface area contributed by atoms with Gasteiger partial charge in [-0.3, -0.25) is 24.9 Å². The van der Waals surface area contributed by atoms with Gasteiger partial charge in [0.05, 0.1) is 62.5 Å². The Bertz CT molecular complexity index is 2740. The van der Waals surface area contributed by atoms with Gasteiger partial charge in [-0.25, -0.2) is 28.4 Å². The lowest BCUT2D eigenvalue weighted by atomic mass is 9.82. The molecule has 430 valence electrons. The number of amides is 4. The molecule has 0 spiro atoms. The van der Waals surface area contributed by atoms with E-state index in [1.54, 1.807) is 18.3 Å². The van der Waals surface area contributed by atoms with E-state index in [4.69, 9.17) is 10.5 Å². The van der Waals surface area contributed by atoms with Crippen molar-refractivity contribution >= 4 is 41.7 Å². The molecule has 26 heteroatoms. The van der Waals surface area contributed by atoms with Gasteiger partial charge in [-0.2, -0.15) is 26.3 Å². The Kier molecular flexibility index (Phi) is 20.0. The number of alkyl carbamates (subject to hydrolysis) is 2. The molecule has 3 aromatic rings. The van der Waals surface area contributed by atoms with Crippen molar-refractivity contribution in [2.24, 2.45) is 21.6 Å². The maximum Gasteiger partial charge on any atom is 0.407 e. The zero-order valence-corrected chi connectivity index (χ0v) is 44.2. The predicted octanol–water partition coefficient (Wildman–Crippen LogP) is 5.36. The van der Waals surface area contributed by atoms with Crippen molar-refractivity contribution < 1.29 is 73.6 Å². The van der Waals surface area contributed by atoms with Gasteiger partial charge < -0.3 is 45.9 Å². The molecule has 79 heavy (non-hydrogen) atoms. The van der Waals surface area contributed by atoms with Crippen molar-refractivity contribution in [1.82, 2.24) is 36.3 Å². The van der Waals surface area contributed by atoms with Crippen LogP contribution in [0.25, 0.3) is 5.70 Å². The Morgan fingerprint density at radius 1 is 0.861 bits per heavy atom. The molecular weight excluding hydrogens is 1060 g/mol. The van der Waals surface area contributed by atoms with Crippen molar-refractivity contribution in [3.05, 3.63) is 100 Å². The number of rotatable bonds is 19. The Labute approximate surface area is 451 Å². The van der Waals surface area contributed by atoms with Crippen LogP contribution >= 0.6 is 0 Å². The molecule has 5 atom stereocenters. The monoisotopic (exact) mass is 1120 g/mol. The number of carbonyl (C=O) groups is 4. The number of benzene rings is 2. The fourth-order valence-electron chi connectivity index (χ4n) is 8.50. The summed E-state index contributed by atoms with van der Waals surface area (Å²) in [5.41, 5.74) is 2.39. The van der Waals surface area contributed by atoms with Gasteiger partial charge in [0.1, 0.15) is 29.5 Å². The summed E-state index contributed by atoms with van der Waals surface area (Å²) < 4.78 is 134. The van der Waals surface area contributed by atoms with Crippen LogP contribution in [0.1, 0.15) is 68.4 Å². The second kappa shape index (κ2) is 25.8. The number of morpholine rings is 1. The molecule has 18 nitrogen and oxygen atoms in total. The number of aliphatic hydroxyl groups is 1. The van der Waals surface area contributed by atoms with Gasteiger partial charge in [0.15, 0.2) is 0 Å². The number of carbonyl (C=O) groups excluding carboxylic acids is 4. The minimum atomic E-state index is -5.19. The maximum atomic E-state index is 16.1. The molecule has 0 bridgehead atoms. The Morgan fingerprint density at radius 2 is 1.44 bits per heavy atom. The van der Waals surface area contributed by atoms with Gasteiger partial charge in [-0.05, 0) is 95.0 Å². The zero-order chi connectivity index (χ0) is 58.0. The molecule has 0 unspecified atom stereocenters. The highest BCUT2D eigenvalue weighted by atomic mass is 19.4. The molecule has 7 N–H and O–H groups in total. The van der Waals surface area contributed by atoms with Crippen molar-refractivity contribution in [3.8, 4) is 11.8 Å². The van der Waals surface area contributed by atoms with Gasteiger partial charge in [-0.15, -0.1) is 0 Å². The zero-order valence-electron chi connectivity index (χ0n) is 44.2. The number of pyridine rings is 1. The topological polar surface area (TPSA) is 225 Å².